The third-order valence-electron chi connectivity index (χ3n) is 4.31. The molecule has 0 aliphatic rings. The van der Waals surface area contributed by atoms with Gasteiger partial charge in [0.15, 0.2) is 0 Å². The predicted molar refractivity (Wildman–Crippen MR) is 106 cm³/mol. The number of nitrogens with one attached hydrogen (secondary N) is 1. The first-order valence-electron chi connectivity index (χ1n) is 8.40. The SMILES string of the molecule is CCc1cccc(C)c1NC(=O)CN(C)S(=O)(=O)c1cccc2nsnc12. The molecule has 0 aliphatic carbocycles. The van der Waals surface area contributed by atoms with Gasteiger partial charge in [-0.3, -0.25) is 4.79 Å². The molecule has 3 aromatic rings. The lowest BCUT2D eigenvalue weighted by Crippen LogP contribution is -2.35. The first-order valence-corrected chi connectivity index (χ1v) is 10.6. The van der Waals surface area contributed by atoms with Gasteiger partial charge in [-0.15, -0.1) is 0 Å². The fourth-order valence-corrected chi connectivity index (χ4v) is 4.70. The molecule has 1 heterocycles. The van der Waals surface area contributed by atoms with Gasteiger partial charge in [0, 0.05) is 12.7 Å². The van der Waals surface area contributed by atoms with Crippen molar-refractivity contribution in [2.75, 3.05) is 18.9 Å². The standard InChI is InChI=1S/C18H20N4O3S2/c1-4-13-8-5-7-12(2)17(13)19-16(23)11-22(3)27(24,25)15-10-6-9-14-18(15)21-26-20-14/h5-10H,4,11H2,1-3H3,(H,19,23). The van der Waals surface area contributed by atoms with Crippen LogP contribution in [0.15, 0.2) is 41.3 Å². The highest BCUT2D eigenvalue weighted by Crippen LogP contribution is 2.24. The Kier molecular flexibility index (Phi) is 5.54. The van der Waals surface area contributed by atoms with Crippen molar-refractivity contribution in [3.8, 4) is 0 Å². The Bertz CT molecular complexity index is 1090. The molecule has 2 aromatic carbocycles. The summed E-state index contributed by atoms with van der Waals surface area (Å²) in [6, 6.07) is 10.6. The number of sulfonamides is 1. The molecule has 1 amide bonds. The summed E-state index contributed by atoms with van der Waals surface area (Å²) in [5.74, 6) is -0.395. The lowest BCUT2D eigenvalue weighted by Gasteiger charge is -2.18. The molecule has 27 heavy (non-hydrogen) atoms. The number of aromatic nitrogens is 2. The number of nitrogens with zero attached hydrogens (tertiary/aromatic N) is 3. The number of benzene rings is 2. The molecule has 0 spiro atoms. The maximum absolute atomic E-state index is 12.9. The Morgan fingerprint density at radius 3 is 2.67 bits per heavy atom. The van der Waals surface area contributed by atoms with Crippen molar-refractivity contribution in [1.82, 2.24) is 13.1 Å². The third kappa shape index (κ3) is 3.85. The molecule has 9 heteroatoms. The maximum atomic E-state index is 12.9. The molecular weight excluding hydrogens is 384 g/mol. The lowest BCUT2D eigenvalue weighted by atomic mass is 10.1. The number of hydrogen-bond donors (Lipinski definition) is 1. The van der Waals surface area contributed by atoms with Crippen molar-refractivity contribution in [1.29, 1.82) is 0 Å². The molecule has 0 radical (unpaired) electrons. The van der Waals surface area contributed by atoms with Crippen molar-refractivity contribution in [2.24, 2.45) is 0 Å². The normalized spacial score (nSPS) is 11.9. The Hall–Kier alpha value is -2.36. The molecule has 1 aromatic heterocycles. The van der Waals surface area contributed by atoms with Gasteiger partial charge in [0.05, 0.1) is 18.3 Å². The molecule has 1 N–H and O–H groups in total. The second kappa shape index (κ2) is 7.71. The van der Waals surface area contributed by atoms with E-state index in [0.29, 0.717) is 11.0 Å². The van der Waals surface area contributed by atoms with Crippen molar-refractivity contribution in [2.45, 2.75) is 25.2 Å². The van der Waals surface area contributed by atoms with Gasteiger partial charge in [0.2, 0.25) is 15.9 Å². The van der Waals surface area contributed by atoms with Gasteiger partial charge in [-0.1, -0.05) is 31.2 Å². The molecule has 142 valence electrons. The van der Waals surface area contributed by atoms with E-state index in [1.54, 1.807) is 12.1 Å². The Balaban J connectivity index is 1.82. The van der Waals surface area contributed by atoms with Crippen molar-refractivity contribution < 1.29 is 13.2 Å². The summed E-state index contributed by atoms with van der Waals surface area (Å²) in [7, 11) is -2.49. The minimum Gasteiger partial charge on any atom is -0.324 e. The van der Waals surface area contributed by atoms with Crippen LogP contribution in [-0.2, 0) is 21.2 Å². The average Bonchev–Trinajstić information content (AvgIpc) is 3.11. The highest BCUT2D eigenvalue weighted by atomic mass is 32.2. The zero-order chi connectivity index (χ0) is 19.6. The zero-order valence-corrected chi connectivity index (χ0v) is 16.9. The van der Waals surface area contributed by atoms with Crippen LogP contribution >= 0.6 is 11.7 Å². The highest BCUT2D eigenvalue weighted by Gasteiger charge is 2.26. The number of carbonyl (C=O) groups excluding carboxylic acids is 1. The van der Waals surface area contributed by atoms with Crippen LogP contribution in [0.2, 0.25) is 0 Å². The van der Waals surface area contributed by atoms with E-state index in [-0.39, 0.29) is 11.4 Å². The summed E-state index contributed by atoms with van der Waals surface area (Å²) in [6.45, 7) is 3.61. The first kappa shape index (κ1) is 19.4. The molecule has 3 rings (SSSR count). The van der Waals surface area contributed by atoms with Gasteiger partial charge in [0.25, 0.3) is 0 Å². The summed E-state index contributed by atoms with van der Waals surface area (Å²) in [5, 5.41) is 2.85. The number of fused-ring (bicyclic) bond motifs is 1. The van der Waals surface area contributed by atoms with Gasteiger partial charge < -0.3 is 5.32 Å². The highest BCUT2D eigenvalue weighted by molar-refractivity contribution is 7.89. The molecule has 7 nitrogen and oxygen atoms in total. The smallest absolute Gasteiger partial charge is 0.245 e. The van der Waals surface area contributed by atoms with E-state index in [4.69, 9.17) is 0 Å². The molecule has 0 aliphatic heterocycles. The van der Waals surface area contributed by atoms with Crippen LogP contribution in [0, 0.1) is 6.92 Å². The molecule has 0 atom stereocenters. The number of likely N-dealkylation sites (N-methyl/N-ethyl adjacent to an activating group) is 1. The van der Waals surface area contributed by atoms with Crippen LogP contribution in [0.25, 0.3) is 11.0 Å². The predicted octanol–water partition coefficient (Wildman–Crippen LogP) is 2.82. The summed E-state index contributed by atoms with van der Waals surface area (Å²) < 4.78 is 35.0. The van der Waals surface area contributed by atoms with Crippen molar-refractivity contribution in [3.63, 3.8) is 0 Å². The van der Waals surface area contributed by atoms with Crippen molar-refractivity contribution >= 4 is 44.4 Å². The average molecular weight is 405 g/mol. The van der Waals surface area contributed by atoms with Crippen LogP contribution in [0.3, 0.4) is 0 Å². The molecule has 0 saturated heterocycles. The van der Waals surface area contributed by atoms with Gasteiger partial charge in [-0.25, -0.2) is 8.42 Å². The summed E-state index contributed by atoms with van der Waals surface area (Å²) in [4.78, 5) is 12.5. The van der Waals surface area contributed by atoms with Gasteiger partial charge >= 0.3 is 0 Å². The van der Waals surface area contributed by atoms with E-state index in [1.165, 1.54) is 13.1 Å². The van der Waals surface area contributed by atoms with E-state index in [9.17, 15) is 13.2 Å². The lowest BCUT2D eigenvalue weighted by molar-refractivity contribution is -0.116. The van der Waals surface area contributed by atoms with Crippen LogP contribution in [0.4, 0.5) is 5.69 Å². The molecule has 0 fully saturated rings. The number of para-hydroxylation sites is 1. The van der Waals surface area contributed by atoms with E-state index in [0.717, 1.165) is 39.3 Å². The third-order valence-corrected chi connectivity index (χ3v) is 6.69. The van der Waals surface area contributed by atoms with Gasteiger partial charge in [-0.05, 0) is 36.6 Å². The Labute approximate surface area is 162 Å². The fourth-order valence-electron chi connectivity index (χ4n) is 2.83. The second-order valence-corrected chi connectivity index (χ2v) is 8.70. The summed E-state index contributed by atoms with van der Waals surface area (Å²) in [6.07, 6.45) is 0.768. The minimum atomic E-state index is -3.87. The largest absolute Gasteiger partial charge is 0.324 e. The zero-order valence-electron chi connectivity index (χ0n) is 15.3. The van der Waals surface area contributed by atoms with E-state index >= 15 is 0 Å². The summed E-state index contributed by atoms with van der Waals surface area (Å²) in [5.41, 5.74) is 3.52. The van der Waals surface area contributed by atoms with E-state index < -0.39 is 15.9 Å². The summed E-state index contributed by atoms with van der Waals surface area (Å²) >= 11 is 0.954. The fraction of sp³-hybridized carbons (Fsp3) is 0.278. The number of anilines is 1. The Morgan fingerprint density at radius 1 is 1.19 bits per heavy atom. The number of rotatable bonds is 6. The number of carbonyl (C=O) groups is 1. The quantitative estimate of drug-likeness (QED) is 0.682. The first-order chi connectivity index (χ1) is 12.8. The van der Waals surface area contributed by atoms with E-state index in [1.807, 2.05) is 32.0 Å². The van der Waals surface area contributed by atoms with E-state index in [2.05, 4.69) is 14.1 Å². The van der Waals surface area contributed by atoms with Crippen molar-refractivity contribution in [3.05, 3.63) is 47.5 Å². The molecular formula is C18H20N4O3S2. The molecule has 0 saturated carbocycles. The van der Waals surface area contributed by atoms with Gasteiger partial charge in [0.1, 0.15) is 15.9 Å². The van der Waals surface area contributed by atoms with Crippen LogP contribution in [-0.4, -0.2) is 41.0 Å². The Morgan fingerprint density at radius 2 is 1.93 bits per heavy atom. The van der Waals surface area contributed by atoms with Crippen LogP contribution in [0.1, 0.15) is 18.1 Å². The van der Waals surface area contributed by atoms with Gasteiger partial charge in [-0.2, -0.15) is 13.1 Å². The molecule has 0 unspecified atom stereocenters. The second-order valence-electron chi connectivity index (χ2n) is 6.16. The maximum Gasteiger partial charge on any atom is 0.245 e. The number of hydrogen-bond acceptors (Lipinski definition) is 6. The minimum absolute atomic E-state index is 0.0502. The monoisotopic (exact) mass is 404 g/mol. The topological polar surface area (TPSA) is 92.3 Å². The molecule has 0 bridgehead atoms. The number of aryl methyl sites for hydroxylation is 2. The number of amides is 1. The van der Waals surface area contributed by atoms with Crippen LogP contribution < -0.4 is 5.32 Å². The van der Waals surface area contributed by atoms with Crippen LogP contribution in [0.5, 0.6) is 0 Å².